The van der Waals surface area contributed by atoms with Crippen LogP contribution < -0.4 is 5.14 Å². The largest absolute Gasteiger partial charge is 0.252 e. The highest BCUT2D eigenvalue weighted by Crippen LogP contribution is 2.01. The Bertz CT molecular complexity index is 248. The molecule has 0 aliphatic rings. The highest BCUT2D eigenvalue weighted by molar-refractivity contribution is 7.82. The summed E-state index contributed by atoms with van der Waals surface area (Å²) in [6, 6.07) is 10.1. The van der Waals surface area contributed by atoms with Crippen LogP contribution in [0.2, 0.25) is 0 Å². The number of nitrogens with two attached hydrogens (primary N) is 1. The van der Waals surface area contributed by atoms with E-state index in [-0.39, 0.29) is 0 Å². The maximum atomic E-state index is 10.5. The van der Waals surface area contributed by atoms with Crippen LogP contribution in [0.1, 0.15) is 12.0 Å². The maximum absolute atomic E-state index is 10.5. The Hall–Kier alpha value is -0.670. The van der Waals surface area contributed by atoms with Gasteiger partial charge in [-0.3, -0.25) is 5.14 Å². The molecule has 0 aliphatic heterocycles. The number of benzene rings is 1. The second kappa shape index (κ2) is 5.06. The summed E-state index contributed by atoms with van der Waals surface area (Å²) in [5.74, 6) is 0.592. The van der Waals surface area contributed by atoms with Gasteiger partial charge >= 0.3 is 0 Å². The Morgan fingerprint density at radius 2 is 1.92 bits per heavy atom. The zero-order valence-electron chi connectivity index (χ0n) is 6.90. The molecular weight excluding hydrogens is 170 g/mol. The number of hydrogen-bond donors (Lipinski definition) is 1. The molecule has 0 aliphatic carbocycles. The van der Waals surface area contributed by atoms with E-state index in [9.17, 15) is 4.21 Å². The van der Waals surface area contributed by atoms with Gasteiger partial charge in [-0.25, -0.2) is 4.21 Å². The Labute approximate surface area is 75.4 Å². The molecule has 66 valence electrons. The molecule has 1 aromatic carbocycles. The van der Waals surface area contributed by atoms with Crippen molar-refractivity contribution < 1.29 is 4.21 Å². The summed E-state index contributed by atoms with van der Waals surface area (Å²) in [6.45, 7) is 0. The van der Waals surface area contributed by atoms with Gasteiger partial charge in [-0.05, 0) is 18.4 Å². The number of aryl methyl sites for hydroxylation is 1. The molecular formula is C9H13NOS. The minimum Gasteiger partial charge on any atom is -0.252 e. The van der Waals surface area contributed by atoms with Crippen LogP contribution in [0, 0.1) is 0 Å². The molecule has 2 nitrogen and oxygen atoms in total. The van der Waals surface area contributed by atoms with Crippen molar-refractivity contribution in [2.45, 2.75) is 12.8 Å². The minimum absolute atomic E-state index is 0.592. The average molecular weight is 183 g/mol. The average Bonchev–Trinajstić information content (AvgIpc) is 2.05. The molecule has 0 saturated heterocycles. The van der Waals surface area contributed by atoms with Crippen LogP contribution >= 0.6 is 0 Å². The van der Waals surface area contributed by atoms with E-state index in [1.54, 1.807) is 0 Å². The van der Waals surface area contributed by atoms with Crippen LogP contribution in [0.4, 0.5) is 0 Å². The molecule has 0 bridgehead atoms. The Balaban J connectivity index is 2.29. The second-order valence-electron chi connectivity index (χ2n) is 2.67. The summed E-state index contributed by atoms with van der Waals surface area (Å²) < 4.78 is 10.5. The predicted molar refractivity (Wildman–Crippen MR) is 52.0 cm³/mol. The zero-order chi connectivity index (χ0) is 8.81. The Morgan fingerprint density at radius 3 is 2.50 bits per heavy atom. The van der Waals surface area contributed by atoms with E-state index < -0.39 is 11.0 Å². The predicted octanol–water partition coefficient (Wildman–Crippen LogP) is 1.24. The molecule has 12 heavy (non-hydrogen) atoms. The van der Waals surface area contributed by atoms with Crippen LogP contribution in [-0.2, 0) is 17.4 Å². The van der Waals surface area contributed by atoms with Gasteiger partial charge in [-0.1, -0.05) is 30.3 Å². The monoisotopic (exact) mass is 183 g/mol. The summed E-state index contributed by atoms with van der Waals surface area (Å²) in [5, 5.41) is 5.13. The third-order valence-electron chi connectivity index (χ3n) is 1.65. The molecule has 0 saturated carbocycles. The molecule has 0 spiro atoms. The fraction of sp³-hybridized carbons (Fsp3) is 0.333. The van der Waals surface area contributed by atoms with Crippen molar-refractivity contribution in [1.82, 2.24) is 0 Å². The van der Waals surface area contributed by atoms with E-state index in [4.69, 9.17) is 5.14 Å². The normalized spacial score (nSPS) is 12.8. The van der Waals surface area contributed by atoms with Gasteiger partial charge in [0.15, 0.2) is 0 Å². The van der Waals surface area contributed by atoms with Crippen LogP contribution in [0.15, 0.2) is 30.3 Å². The first kappa shape index (κ1) is 9.42. The minimum atomic E-state index is -1.14. The number of rotatable bonds is 4. The molecule has 1 rings (SSSR count). The first-order chi connectivity index (χ1) is 5.79. The van der Waals surface area contributed by atoms with Gasteiger partial charge in [0.05, 0.1) is 11.0 Å². The van der Waals surface area contributed by atoms with Gasteiger partial charge in [0.2, 0.25) is 0 Å². The highest BCUT2D eigenvalue weighted by atomic mass is 32.2. The van der Waals surface area contributed by atoms with Crippen molar-refractivity contribution in [3.05, 3.63) is 35.9 Å². The quantitative estimate of drug-likeness (QED) is 0.750. The fourth-order valence-electron chi connectivity index (χ4n) is 1.06. The summed E-state index contributed by atoms with van der Waals surface area (Å²) in [6.07, 6.45) is 1.86. The maximum Gasteiger partial charge on any atom is 0.0888 e. The van der Waals surface area contributed by atoms with Gasteiger partial charge in [0, 0.05) is 5.75 Å². The van der Waals surface area contributed by atoms with Crippen molar-refractivity contribution in [2.24, 2.45) is 5.14 Å². The van der Waals surface area contributed by atoms with Crippen molar-refractivity contribution in [2.75, 3.05) is 5.75 Å². The van der Waals surface area contributed by atoms with Crippen molar-refractivity contribution in [3.63, 3.8) is 0 Å². The lowest BCUT2D eigenvalue weighted by Gasteiger charge is -1.98. The molecule has 0 heterocycles. The third-order valence-corrected chi connectivity index (χ3v) is 2.34. The molecule has 1 aromatic rings. The lowest BCUT2D eigenvalue weighted by Crippen LogP contribution is -2.07. The van der Waals surface area contributed by atoms with Gasteiger partial charge in [-0.2, -0.15) is 0 Å². The van der Waals surface area contributed by atoms with Gasteiger partial charge in [-0.15, -0.1) is 0 Å². The first-order valence-electron chi connectivity index (χ1n) is 3.96. The van der Waals surface area contributed by atoms with Crippen molar-refractivity contribution >= 4 is 11.0 Å². The number of hydrogen-bond acceptors (Lipinski definition) is 1. The molecule has 0 aromatic heterocycles. The van der Waals surface area contributed by atoms with E-state index in [2.05, 4.69) is 12.1 Å². The van der Waals surface area contributed by atoms with E-state index in [0.29, 0.717) is 5.75 Å². The van der Waals surface area contributed by atoms with Crippen LogP contribution in [-0.4, -0.2) is 9.96 Å². The standard InChI is InChI=1S/C9H13NOS/c10-12(11)8-4-7-9-5-2-1-3-6-9/h1-3,5-6H,4,7-8,10H2. The second-order valence-corrected chi connectivity index (χ2v) is 3.84. The van der Waals surface area contributed by atoms with Crippen molar-refractivity contribution in [1.29, 1.82) is 0 Å². The molecule has 0 amide bonds. The van der Waals surface area contributed by atoms with E-state index in [1.165, 1.54) is 5.56 Å². The van der Waals surface area contributed by atoms with Gasteiger partial charge in [0.1, 0.15) is 0 Å². The molecule has 1 atom stereocenters. The lowest BCUT2D eigenvalue weighted by atomic mass is 10.1. The van der Waals surface area contributed by atoms with Gasteiger partial charge in [0.25, 0.3) is 0 Å². The van der Waals surface area contributed by atoms with Crippen molar-refractivity contribution in [3.8, 4) is 0 Å². The highest BCUT2D eigenvalue weighted by Gasteiger charge is 1.93. The first-order valence-corrected chi connectivity index (χ1v) is 5.34. The Morgan fingerprint density at radius 1 is 1.25 bits per heavy atom. The summed E-state index contributed by atoms with van der Waals surface area (Å²) in [7, 11) is -1.14. The van der Waals surface area contributed by atoms with Crippen LogP contribution in [0.3, 0.4) is 0 Å². The summed E-state index contributed by atoms with van der Waals surface area (Å²) >= 11 is 0. The molecule has 0 fully saturated rings. The Kier molecular flexibility index (Phi) is 3.97. The summed E-state index contributed by atoms with van der Waals surface area (Å²) in [4.78, 5) is 0. The fourth-order valence-corrected chi connectivity index (χ4v) is 1.49. The van der Waals surface area contributed by atoms with Crippen LogP contribution in [0.5, 0.6) is 0 Å². The zero-order valence-corrected chi connectivity index (χ0v) is 7.72. The molecule has 2 N–H and O–H groups in total. The molecule has 0 radical (unpaired) electrons. The third kappa shape index (κ3) is 3.64. The summed E-state index contributed by atoms with van der Waals surface area (Å²) in [5.41, 5.74) is 1.28. The van der Waals surface area contributed by atoms with Crippen LogP contribution in [0.25, 0.3) is 0 Å². The molecule has 3 heteroatoms. The molecule has 1 unspecified atom stereocenters. The SMILES string of the molecule is NS(=O)CCCc1ccccc1. The van der Waals surface area contributed by atoms with E-state index in [1.807, 2.05) is 18.2 Å². The van der Waals surface area contributed by atoms with E-state index >= 15 is 0 Å². The lowest BCUT2D eigenvalue weighted by molar-refractivity contribution is 0.681. The van der Waals surface area contributed by atoms with Gasteiger partial charge < -0.3 is 0 Å². The topological polar surface area (TPSA) is 43.1 Å². The van der Waals surface area contributed by atoms with E-state index in [0.717, 1.165) is 12.8 Å². The smallest absolute Gasteiger partial charge is 0.0888 e.